The van der Waals surface area contributed by atoms with Crippen LogP contribution < -0.4 is 0 Å². The minimum Gasteiger partial charge on any atom is -0.152 e. The predicted octanol–water partition coefficient (Wildman–Crippen LogP) is 5.03. The summed E-state index contributed by atoms with van der Waals surface area (Å²) >= 11 is 5.62. The summed E-state index contributed by atoms with van der Waals surface area (Å²) in [4.78, 5) is 0.347. The minimum absolute atomic E-state index is 0.347. The maximum Gasteiger partial charge on any atom is 0.0655 e. The Kier molecular flexibility index (Phi) is 3.10. The lowest BCUT2D eigenvalue weighted by molar-refractivity contribution is 0.911. The first-order valence-electron chi connectivity index (χ1n) is 6.04. The molecular formula is C15H15BrS. The Bertz CT molecular complexity index is 542. The van der Waals surface area contributed by atoms with Gasteiger partial charge in [-0.05, 0) is 64.8 Å². The van der Waals surface area contributed by atoms with Crippen molar-refractivity contribution in [3.05, 3.63) is 56.8 Å². The fourth-order valence-electron chi connectivity index (χ4n) is 2.56. The SMILES string of the molecule is Cc1cscc1C(Br)c1ccc2c(c1)CCC2. The predicted molar refractivity (Wildman–Crippen MR) is 78.3 cm³/mol. The number of hydrogen-bond acceptors (Lipinski definition) is 1. The molecule has 0 saturated heterocycles. The van der Waals surface area contributed by atoms with Gasteiger partial charge in [-0.2, -0.15) is 11.3 Å². The summed E-state index contributed by atoms with van der Waals surface area (Å²) in [7, 11) is 0. The van der Waals surface area contributed by atoms with E-state index in [1.807, 2.05) is 0 Å². The third-order valence-electron chi connectivity index (χ3n) is 3.58. The summed E-state index contributed by atoms with van der Waals surface area (Å²) in [6.07, 6.45) is 3.84. The largest absolute Gasteiger partial charge is 0.152 e. The second kappa shape index (κ2) is 4.58. The standard InChI is InChI=1S/C15H15BrS/c1-10-8-17-9-14(10)15(16)13-6-5-11-3-2-4-12(11)7-13/h5-9,15H,2-4H2,1H3. The third kappa shape index (κ3) is 2.09. The van der Waals surface area contributed by atoms with Crippen molar-refractivity contribution in [2.45, 2.75) is 31.0 Å². The van der Waals surface area contributed by atoms with E-state index in [1.165, 1.54) is 36.0 Å². The van der Waals surface area contributed by atoms with Gasteiger partial charge in [-0.1, -0.05) is 34.1 Å². The van der Waals surface area contributed by atoms with Crippen molar-refractivity contribution >= 4 is 27.3 Å². The van der Waals surface area contributed by atoms with Crippen LogP contribution in [-0.4, -0.2) is 0 Å². The molecule has 1 heterocycles. The Morgan fingerprint density at radius 3 is 2.76 bits per heavy atom. The van der Waals surface area contributed by atoms with Crippen molar-refractivity contribution in [1.29, 1.82) is 0 Å². The van der Waals surface area contributed by atoms with Crippen LogP contribution in [0.5, 0.6) is 0 Å². The van der Waals surface area contributed by atoms with Crippen LogP contribution in [0.3, 0.4) is 0 Å². The lowest BCUT2D eigenvalue weighted by Gasteiger charge is -2.12. The van der Waals surface area contributed by atoms with E-state index in [0.29, 0.717) is 4.83 Å². The van der Waals surface area contributed by atoms with E-state index >= 15 is 0 Å². The van der Waals surface area contributed by atoms with E-state index in [4.69, 9.17) is 0 Å². The van der Waals surface area contributed by atoms with Crippen molar-refractivity contribution in [3.8, 4) is 0 Å². The maximum absolute atomic E-state index is 3.84. The van der Waals surface area contributed by atoms with E-state index < -0.39 is 0 Å². The molecule has 0 N–H and O–H groups in total. The van der Waals surface area contributed by atoms with Crippen molar-refractivity contribution in [2.75, 3.05) is 0 Å². The number of fused-ring (bicyclic) bond motifs is 1. The Labute approximate surface area is 115 Å². The minimum atomic E-state index is 0.347. The lowest BCUT2D eigenvalue weighted by atomic mass is 10.0. The van der Waals surface area contributed by atoms with Gasteiger partial charge in [0.25, 0.3) is 0 Å². The van der Waals surface area contributed by atoms with Gasteiger partial charge in [-0.25, -0.2) is 0 Å². The molecule has 0 bridgehead atoms. The van der Waals surface area contributed by atoms with Gasteiger partial charge < -0.3 is 0 Å². The first kappa shape index (κ1) is 11.5. The van der Waals surface area contributed by atoms with Gasteiger partial charge in [0.05, 0.1) is 4.83 Å². The Balaban J connectivity index is 1.97. The van der Waals surface area contributed by atoms with Gasteiger partial charge in [0, 0.05) is 0 Å². The highest BCUT2D eigenvalue weighted by Gasteiger charge is 2.17. The molecule has 0 amide bonds. The highest BCUT2D eigenvalue weighted by atomic mass is 79.9. The molecule has 1 aromatic carbocycles. The third-order valence-corrected chi connectivity index (χ3v) is 5.48. The van der Waals surface area contributed by atoms with Crippen molar-refractivity contribution < 1.29 is 0 Å². The molecule has 0 spiro atoms. The van der Waals surface area contributed by atoms with E-state index in [-0.39, 0.29) is 0 Å². The van der Waals surface area contributed by atoms with E-state index in [2.05, 4.69) is 51.8 Å². The quantitative estimate of drug-likeness (QED) is 0.683. The van der Waals surface area contributed by atoms with Crippen LogP contribution in [0.4, 0.5) is 0 Å². The summed E-state index contributed by atoms with van der Waals surface area (Å²) in [6.45, 7) is 2.19. The van der Waals surface area contributed by atoms with Gasteiger partial charge in [0.15, 0.2) is 0 Å². The van der Waals surface area contributed by atoms with Crippen LogP contribution in [0.25, 0.3) is 0 Å². The smallest absolute Gasteiger partial charge is 0.0655 e. The molecule has 0 aliphatic heterocycles. The van der Waals surface area contributed by atoms with Crippen LogP contribution in [0.15, 0.2) is 29.0 Å². The molecule has 88 valence electrons. The number of hydrogen-bond donors (Lipinski definition) is 0. The summed E-state index contributed by atoms with van der Waals surface area (Å²) in [6, 6.07) is 6.98. The molecule has 2 aromatic rings. The van der Waals surface area contributed by atoms with Crippen molar-refractivity contribution in [1.82, 2.24) is 0 Å². The zero-order valence-corrected chi connectivity index (χ0v) is 12.3. The second-order valence-electron chi connectivity index (χ2n) is 4.75. The normalized spacial score (nSPS) is 15.9. The molecule has 1 unspecified atom stereocenters. The average Bonchev–Trinajstić information content (AvgIpc) is 2.95. The maximum atomic E-state index is 3.84. The van der Waals surface area contributed by atoms with Gasteiger partial charge in [-0.15, -0.1) is 0 Å². The molecule has 2 heteroatoms. The van der Waals surface area contributed by atoms with Crippen LogP contribution in [0.2, 0.25) is 0 Å². The van der Waals surface area contributed by atoms with Crippen LogP contribution >= 0.6 is 27.3 Å². The summed E-state index contributed by atoms with van der Waals surface area (Å²) in [5, 5.41) is 4.47. The molecular weight excluding hydrogens is 292 g/mol. The van der Waals surface area contributed by atoms with E-state index in [1.54, 1.807) is 22.5 Å². The molecule has 1 atom stereocenters. The summed E-state index contributed by atoms with van der Waals surface area (Å²) in [5.74, 6) is 0. The highest BCUT2D eigenvalue weighted by Crippen LogP contribution is 2.36. The van der Waals surface area contributed by atoms with Gasteiger partial charge in [0.2, 0.25) is 0 Å². The highest BCUT2D eigenvalue weighted by molar-refractivity contribution is 9.09. The monoisotopic (exact) mass is 306 g/mol. The molecule has 1 aliphatic rings. The number of rotatable bonds is 2. The second-order valence-corrected chi connectivity index (χ2v) is 6.41. The molecule has 0 nitrogen and oxygen atoms in total. The first-order valence-corrected chi connectivity index (χ1v) is 7.90. The molecule has 0 radical (unpaired) electrons. The van der Waals surface area contributed by atoms with Gasteiger partial charge >= 0.3 is 0 Å². The van der Waals surface area contributed by atoms with Crippen LogP contribution in [0, 0.1) is 6.92 Å². The van der Waals surface area contributed by atoms with Crippen molar-refractivity contribution in [3.63, 3.8) is 0 Å². The zero-order valence-electron chi connectivity index (χ0n) is 9.87. The van der Waals surface area contributed by atoms with E-state index in [0.717, 1.165) is 0 Å². The topological polar surface area (TPSA) is 0 Å². The molecule has 0 saturated carbocycles. The average molecular weight is 307 g/mol. The van der Waals surface area contributed by atoms with Crippen LogP contribution in [-0.2, 0) is 12.8 Å². The number of alkyl halides is 1. The number of benzene rings is 1. The number of aryl methyl sites for hydroxylation is 3. The van der Waals surface area contributed by atoms with Crippen molar-refractivity contribution in [2.24, 2.45) is 0 Å². The summed E-state index contributed by atoms with van der Waals surface area (Å²) < 4.78 is 0. The Hall–Kier alpha value is -0.600. The van der Waals surface area contributed by atoms with Gasteiger partial charge in [0.1, 0.15) is 0 Å². The molecule has 0 fully saturated rings. The number of halogens is 1. The molecule has 17 heavy (non-hydrogen) atoms. The fraction of sp³-hybridized carbons (Fsp3) is 0.333. The van der Waals surface area contributed by atoms with Gasteiger partial charge in [-0.3, -0.25) is 0 Å². The van der Waals surface area contributed by atoms with Crippen LogP contribution in [0.1, 0.15) is 39.1 Å². The van der Waals surface area contributed by atoms with E-state index in [9.17, 15) is 0 Å². The number of thiophene rings is 1. The zero-order chi connectivity index (χ0) is 11.8. The summed E-state index contributed by atoms with van der Waals surface area (Å²) in [5.41, 5.74) is 7.30. The Morgan fingerprint density at radius 2 is 2.00 bits per heavy atom. The Morgan fingerprint density at radius 1 is 1.18 bits per heavy atom. The fourth-order valence-corrected chi connectivity index (χ4v) is 4.39. The lowest BCUT2D eigenvalue weighted by Crippen LogP contribution is -1.94. The molecule has 1 aliphatic carbocycles. The molecule has 3 rings (SSSR count). The first-order chi connectivity index (χ1) is 8.25. The molecule has 1 aromatic heterocycles.